The molecule has 0 unspecified atom stereocenters. The number of nitrogens with zero attached hydrogens (tertiary/aromatic N) is 1. The normalized spacial score (nSPS) is 9.88. The Kier molecular flexibility index (Phi) is 3.75. The number of ether oxygens (including phenoxy) is 2. The lowest BCUT2D eigenvalue weighted by Gasteiger charge is -2.06. The van der Waals surface area contributed by atoms with Crippen molar-refractivity contribution in [1.29, 1.82) is 0 Å². The molecule has 0 amide bonds. The molecule has 0 fully saturated rings. The minimum absolute atomic E-state index is 0.0594. The Hall–Kier alpha value is -2.30. The van der Waals surface area contributed by atoms with Gasteiger partial charge in [-0.1, -0.05) is 18.2 Å². The molecular weight excluding hydrogens is 220 g/mol. The monoisotopic (exact) mass is 232 g/mol. The van der Waals surface area contributed by atoms with Gasteiger partial charge in [0.15, 0.2) is 0 Å². The first-order chi connectivity index (χ1) is 8.36. The van der Waals surface area contributed by atoms with Crippen molar-refractivity contribution in [3.63, 3.8) is 0 Å². The Morgan fingerprint density at radius 3 is 2.65 bits per heavy atom. The summed E-state index contributed by atoms with van der Waals surface area (Å²) in [6.07, 6.45) is 2.92. The van der Waals surface area contributed by atoms with Crippen LogP contribution < -0.4 is 15.0 Å². The van der Waals surface area contributed by atoms with Crippen LogP contribution in [0.3, 0.4) is 0 Å². The van der Waals surface area contributed by atoms with Crippen molar-refractivity contribution in [1.82, 2.24) is 9.97 Å². The number of rotatable bonds is 5. The van der Waals surface area contributed by atoms with Crippen LogP contribution in [0.25, 0.3) is 0 Å². The van der Waals surface area contributed by atoms with Gasteiger partial charge in [0, 0.05) is 12.4 Å². The maximum atomic E-state index is 11.2. The van der Waals surface area contributed by atoms with E-state index in [2.05, 4.69) is 9.97 Å². The van der Waals surface area contributed by atoms with Crippen molar-refractivity contribution in [2.75, 3.05) is 13.2 Å². The number of aromatic amines is 1. The maximum Gasteiger partial charge on any atom is 0.310 e. The Bertz CT molecular complexity index is 510. The van der Waals surface area contributed by atoms with Crippen LogP contribution in [0.5, 0.6) is 11.6 Å². The fourth-order valence-corrected chi connectivity index (χ4v) is 1.26. The number of nitrogens with one attached hydrogen (secondary N) is 1. The van der Waals surface area contributed by atoms with Crippen molar-refractivity contribution in [3.8, 4) is 11.6 Å². The predicted octanol–water partition coefficient (Wildman–Crippen LogP) is 1.23. The third kappa shape index (κ3) is 3.34. The second kappa shape index (κ2) is 5.69. The molecule has 0 radical (unpaired) electrons. The first-order valence-electron chi connectivity index (χ1n) is 5.20. The second-order valence-electron chi connectivity index (χ2n) is 3.23. The standard InChI is InChI=1S/C12H12N2O3/c15-11-12(14-7-6-13-11)17-9-8-16-10-4-2-1-3-5-10/h1-7H,8-9H2,(H,13,15). The first-order valence-corrected chi connectivity index (χ1v) is 5.20. The van der Waals surface area contributed by atoms with E-state index in [1.807, 2.05) is 30.3 Å². The second-order valence-corrected chi connectivity index (χ2v) is 3.23. The van der Waals surface area contributed by atoms with E-state index >= 15 is 0 Å². The van der Waals surface area contributed by atoms with E-state index in [0.29, 0.717) is 6.61 Å². The molecule has 1 N–H and O–H groups in total. The molecule has 5 nitrogen and oxygen atoms in total. The molecule has 1 heterocycles. The summed E-state index contributed by atoms with van der Waals surface area (Å²) < 4.78 is 10.6. The van der Waals surface area contributed by atoms with Gasteiger partial charge >= 0.3 is 5.56 Å². The molecule has 0 aliphatic rings. The Morgan fingerprint density at radius 2 is 1.88 bits per heavy atom. The van der Waals surface area contributed by atoms with E-state index < -0.39 is 0 Å². The smallest absolute Gasteiger partial charge is 0.310 e. The maximum absolute atomic E-state index is 11.2. The summed E-state index contributed by atoms with van der Waals surface area (Å²) in [5.74, 6) is 0.829. The number of hydrogen-bond acceptors (Lipinski definition) is 4. The summed E-state index contributed by atoms with van der Waals surface area (Å²) in [6.45, 7) is 0.634. The van der Waals surface area contributed by atoms with Gasteiger partial charge < -0.3 is 14.5 Å². The zero-order valence-electron chi connectivity index (χ0n) is 9.13. The van der Waals surface area contributed by atoms with Gasteiger partial charge in [-0.15, -0.1) is 0 Å². The van der Waals surface area contributed by atoms with Crippen LogP contribution in [0, 0.1) is 0 Å². The molecule has 0 aliphatic carbocycles. The van der Waals surface area contributed by atoms with Crippen LogP contribution in [0.1, 0.15) is 0 Å². The van der Waals surface area contributed by atoms with Crippen LogP contribution >= 0.6 is 0 Å². The fraction of sp³-hybridized carbons (Fsp3) is 0.167. The summed E-state index contributed by atoms with van der Waals surface area (Å²) >= 11 is 0. The van der Waals surface area contributed by atoms with Gasteiger partial charge in [0.25, 0.3) is 5.88 Å². The molecule has 1 aromatic carbocycles. The zero-order chi connectivity index (χ0) is 11.9. The van der Waals surface area contributed by atoms with Crippen molar-refractivity contribution in [2.45, 2.75) is 0 Å². The van der Waals surface area contributed by atoms with Gasteiger partial charge in [0.2, 0.25) is 0 Å². The molecule has 17 heavy (non-hydrogen) atoms. The van der Waals surface area contributed by atoms with Crippen LogP contribution in [0.15, 0.2) is 47.5 Å². The first kappa shape index (κ1) is 11.2. The van der Waals surface area contributed by atoms with Gasteiger partial charge in [0.05, 0.1) is 0 Å². The van der Waals surface area contributed by atoms with Gasteiger partial charge in [0.1, 0.15) is 19.0 Å². The average molecular weight is 232 g/mol. The lowest BCUT2D eigenvalue weighted by Crippen LogP contribution is -2.16. The van der Waals surface area contributed by atoms with Crippen LogP contribution in [0.2, 0.25) is 0 Å². The highest BCUT2D eigenvalue weighted by molar-refractivity contribution is 5.20. The fourth-order valence-electron chi connectivity index (χ4n) is 1.26. The Morgan fingerprint density at radius 1 is 1.12 bits per heavy atom. The van der Waals surface area contributed by atoms with Crippen molar-refractivity contribution in [3.05, 3.63) is 53.1 Å². The molecule has 1 aromatic heterocycles. The molecule has 0 atom stereocenters. The number of hydrogen-bond donors (Lipinski definition) is 1. The van der Waals surface area contributed by atoms with E-state index in [1.165, 1.54) is 12.4 Å². The number of para-hydroxylation sites is 1. The van der Waals surface area contributed by atoms with Crippen LogP contribution in [-0.4, -0.2) is 23.2 Å². The average Bonchev–Trinajstić information content (AvgIpc) is 2.38. The lowest BCUT2D eigenvalue weighted by molar-refractivity contribution is 0.210. The van der Waals surface area contributed by atoms with Gasteiger partial charge in [-0.05, 0) is 12.1 Å². The van der Waals surface area contributed by atoms with E-state index in [4.69, 9.17) is 9.47 Å². The Balaban J connectivity index is 1.78. The zero-order valence-corrected chi connectivity index (χ0v) is 9.13. The molecule has 0 saturated heterocycles. The quantitative estimate of drug-likeness (QED) is 0.787. The molecule has 0 saturated carbocycles. The third-order valence-corrected chi connectivity index (χ3v) is 2.01. The topological polar surface area (TPSA) is 64.2 Å². The molecule has 0 bridgehead atoms. The number of aromatic nitrogens is 2. The van der Waals surface area contributed by atoms with E-state index in [0.717, 1.165) is 5.75 Å². The van der Waals surface area contributed by atoms with Gasteiger partial charge in [-0.25, -0.2) is 4.98 Å². The van der Waals surface area contributed by atoms with Crippen LogP contribution in [0.4, 0.5) is 0 Å². The van der Waals surface area contributed by atoms with Crippen molar-refractivity contribution >= 4 is 0 Å². The minimum atomic E-state index is -0.341. The molecule has 0 aliphatic heterocycles. The molecule has 88 valence electrons. The lowest BCUT2D eigenvalue weighted by atomic mass is 10.3. The third-order valence-electron chi connectivity index (χ3n) is 2.01. The number of benzene rings is 1. The van der Waals surface area contributed by atoms with Crippen molar-refractivity contribution < 1.29 is 9.47 Å². The van der Waals surface area contributed by atoms with Crippen molar-refractivity contribution in [2.24, 2.45) is 0 Å². The highest BCUT2D eigenvalue weighted by atomic mass is 16.5. The van der Waals surface area contributed by atoms with E-state index in [-0.39, 0.29) is 18.0 Å². The van der Waals surface area contributed by atoms with E-state index in [9.17, 15) is 4.79 Å². The molecule has 0 spiro atoms. The highest BCUT2D eigenvalue weighted by Crippen LogP contribution is 2.07. The summed E-state index contributed by atoms with van der Waals surface area (Å²) in [4.78, 5) is 17.5. The predicted molar refractivity (Wildman–Crippen MR) is 62.3 cm³/mol. The van der Waals surface area contributed by atoms with Gasteiger partial charge in [-0.2, -0.15) is 0 Å². The number of H-pyrrole nitrogens is 1. The molecule has 5 heteroatoms. The minimum Gasteiger partial charge on any atom is -0.490 e. The molecular formula is C12H12N2O3. The SMILES string of the molecule is O=c1[nH]ccnc1OCCOc1ccccc1. The van der Waals surface area contributed by atoms with Crippen LogP contribution in [-0.2, 0) is 0 Å². The summed E-state index contributed by atoms with van der Waals surface area (Å²) in [7, 11) is 0. The summed E-state index contributed by atoms with van der Waals surface area (Å²) in [5.41, 5.74) is -0.341. The van der Waals surface area contributed by atoms with E-state index in [1.54, 1.807) is 0 Å². The highest BCUT2D eigenvalue weighted by Gasteiger charge is 2.00. The molecule has 2 aromatic rings. The largest absolute Gasteiger partial charge is 0.490 e. The summed E-state index contributed by atoms with van der Waals surface area (Å²) in [5, 5.41) is 0. The molecule has 2 rings (SSSR count). The summed E-state index contributed by atoms with van der Waals surface area (Å²) in [6, 6.07) is 9.40. The Labute approximate surface area is 98.0 Å². The van der Waals surface area contributed by atoms with Gasteiger partial charge in [-0.3, -0.25) is 4.79 Å².